The third-order valence-electron chi connectivity index (χ3n) is 3.55. The Hall–Kier alpha value is -2.70. The van der Waals surface area contributed by atoms with E-state index in [1.165, 1.54) is 10.1 Å². The number of rotatable bonds is 2. The van der Waals surface area contributed by atoms with Crippen molar-refractivity contribution < 1.29 is 0 Å². The molecular weight excluding hydrogens is 278 g/mol. The Morgan fingerprint density at radius 2 is 1.76 bits per heavy atom. The standard InChI is InChI=1S/C18H9NOS/c20-19-16-10-3-1-6-12(16)14-8-5-9-15-13-7-2-4-11-17(13)21-18(14)15/h1-4,6-8,10-11H. The van der Waals surface area contributed by atoms with Crippen molar-refractivity contribution >= 4 is 37.2 Å². The zero-order chi connectivity index (χ0) is 14.2. The molecule has 21 heavy (non-hydrogen) atoms. The molecule has 0 spiro atoms. The van der Waals surface area contributed by atoms with Crippen LogP contribution in [0.1, 0.15) is 0 Å². The fourth-order valence-electron chi connectivity index (χ4n) is 2.59. The van der Waals surface area contributed by atoms with Gasteiger partial charge in [0.15, 0.2) is 0 Å². The fourth-order valence-corrected chi connectivity index (χ4v) is 3.77. The van der Waals surface area contributed by atoms with Crippen molar-refractivity contribution in [1.82, 2.24) is 0 Å². The van der Waals surface area contributed by atoms with Gasteiger partial charge in [0.2, 0.25) is 0 Å². The van der Waals surface area contributed by atoms with Crippen LogP contribution in [0.4, 0.5) is 5.69 Å². The molecule has 0 N–H and O–H groups in total. The van der Waals surface area contributed by atoms with E-state index in [-0.39, 0.29) is 0 Å². The van der Waals surface area contributed by atoms with Gasteiger partial charge in [0, 0.05) is 21.2 Å². The second kappa shape index (κ2) is 4.69. The second-order valence-corrected chi connectivity index (χ2v) is 5.79. The maximum Gasteiger partial charge on any atom is 0.115 e. The summed E-state index contributed by atoms with van der Waals surface area (Å²) >= 11 is 1.71. The molecule has 0 amide bonds. The minimum atomic E-state index is 0.454. The van der Waals surface area contributed by atoms with Crippen molar-refractivity contribution in [3.8, 4) is 11.1 Å². The summed E-state index contributed by atoms with van der Waals surface area (Å²) in [5.41, 5.74) is 2.28. The fraction of sp³-hybridized carbons (Fsp3) is 0. The van der Waals surface area contributed by atoms with Crippen molar-refractivity contribution in [2.24, 2.45) is 5.18 Å². The van der Waals surface area contributed by atoms with Crippen LogP contribution in [-0.2, 0) is 0 Å². The summed E-state index contributed by atoms with van der Waals surface area (Å²) in [7, 11) is 0. The second-order valence-electron chi connectivity index (χ2n) is 4.74. The third-order valence-corrected chi connectivity index (χ3v) is 4.75. The van der Waals surface area contributed by atoms with Gasteiger partial charge in [0.05, 0.1) is 10.1 Å². The Morgan fingerprint density at radius 1 is 0.952 bits per heavy atom. The van der Waals surface area contributed by atoms with Crippen molar-refractivity contribution in [1.29, 1.82) is 0 Å². The summed E-state index contributed by atoms with van der Waals surface area (Å²) in [5, 5.41) is 5.36. The van der Waals surface area contributed by atoms with Gasteiger partial charge in [-0.1, -0.05) is 48.5 Å². The molecule has 4 aromatic rings. The largest absolute Gasteiger partial charge is 0.145 e. The minimum Gasteiger partial charge on any atom is -0.145 e. The first-order valence-electron chi connectivity index (χ1n) is 6.55. The van der Waals surface area contributed by atoms with Crippen LogP contribution in [0.2, 0.25) is 0 Å². The highest BCUT2D eigenvalue weighted by Crippen LogP contribution is 2.40. The Bertz CT molecular complexity index is 971. The number of thiophene rings is 1. The van der Waals surface area contributed by atoms with E-state index >= 15 is 0 Å². The van der Waals surface area contributed by atoms with Crippen LogP contribution in [0.25, 0.3) is 31.3 Å². The predicted molar refractivity (Wildman–Crippen MR) is 87.9 cm³/mol. The molecule has 3 aromatic carbocycles. The van der Waals surface area contributed by atoms with Crippen molar-refractivity contribution in [3.63, 3.8) is 0 Å². The molecule has 0 aliphatic heterocycles. The van der Waals surface area contributed by atoms with Crippen LogP contribution in [-0.4, -0.2) is 0 Å². The first-order valence-corrected chi connectivity index (χ1v) is 7.36. The van der Waals surface area contributed by atoms with Crippen LogP contribution in [0.15, 0.2) is 59.8 Å². The van der Waals surface area contributed by atoms with Gasteiger partial charge >= 0.3 is 0 Å². The molecule has 4 rings (SSSR count). The maximum absolute atomic E-state index is 11.0. The summed E-state index contributed by atoms with van der Waals surface area (Å²) in [5.74, 6) is 0. The number of hydrogen-bond acceptors (Lipinski definition) is 3. The Labute approximate surface area is 125 Å². The molecule has 0 fully saturated rings. The molecule has 3 heteroatoms. The summed E-state index contributed by atoms with van der Waals surface area (Å²) in [4.78, 5) is 11.0. The smallest absolute Gasteiger partial charge is 0.115 e. The molecular formula is C18H9NOS. The van der Waals surface area contributed by atoms with Crippen LogP contribution in [0.3, 0.4) is 0 Å². The molecule has 0 unspecified atom stereocenters. The summed E-state index contributed by atoms with van der Waals surface area (Å²) in [6, 6.07) is 23.8. The van der Waals surface area contributed by atoms with E-state index in [1.54, 1.807) is 17.4 Å². The molecule has 0 aliphatic rings. The van der Waals surface area contributed by atoms with Crippen LogP contribution in [0.5, 0.6) is 0 Å². The minimum absolute atomic E-state index is 0.454. The van der Waals surface area contributed by atoms with Crippen molar-refractivity contribution in [3.05, 3.63) is 71.6 Å². The van der Waals surface area contributed by atoms with E-state index in [2.05, 4.69) is 29.4 Å². The average molecular weight is 287 g/mol. The van der Waals surface area contributed by atoms with E-state index in [0.29, 0.717) is 5.69 Å². The summed E-state index contributed by atoms with van der Waals surface area (Å²) < 4.78 is 2.33. The molecule has 0 radical (unpaired) electrons. The highest BCUT2D eigenvalue weighted by atomic mass is 32.1. The Balaban J connectivity index is 2.12. The molecule has 0 aliphatic carbocycles. The third kappa shape index (κ3) is 1.81. The molecule has 98 valence electrons. The topological polar surface area (TPSA) is 29.4 Å². The van der Waals surface area contributed by atoms with Gasteiger partial charge in [0.25, 0.3) is 0 Å². The normalized spacial score (nSPS) is 10.7. The number of fused-ring (bicyclic) bond motifs is 3. The highest BCUT2D eigenvalue weighted by Gasteiger charge is 2.12. The van der Waals surface area contributed by atoms with Gasteiger partial charge in [-0.15, -0.1) is 16.2 Å². The lowest BCUT2D eigenvalue weighted by atomic mass is 10.0. The molecule has 1 heterocycles. The van der Waals surface area contributed by atoms with E-state index in [9.17, 15) is 4.91 Å². The van der Waals surface area contributed by atoms with Crippen molar-refractivity contribution in [2.75, 3.05) is 0 Å². The molecule has 0 atom stereocenters. The molecule has 0 saturated carbocycles. The van der Waals surface area contributed by atoms with Gasteiger partial charge in [-0.3, -0.25) is 0 Å². The highest BCUT2D eigenvalue weighted by molar-refractivity contribution is 7.26. The van der Waals surface area contributed by atoms with Gasteiger partial charge in [-0.25, -0.2) is 0 Å². The molecule has 1 aromatic heterocycles. The summed E-state index contributed by atoms with van der Waals surface area (Å²) in [6.07, 6.45) is 0. The number of nitroso groups, excluding NO2 is 1. The lowest BCUT2D eigenvalue weighted by Gasteiger charge is -2.03. The number of benzene rings is 2. The zero-order valence-corrected chi connectivity index (χ0v) is 11.8. The van der Waals surface area contributed by atoms with E-state index in [1.807, 2.05) is 36.4 Å². The van der Waals surface area contributed by atoms with E-state index in [4.69, 9.17) is 0 Å². The van der Waals surface area contributed by atoms with Gasteiger partial charge in [0.1, 0.15) is 5.69 Å². The van der Waals surface area contributed by atoms with Gasteiger partial charge in [-0.05, 0) is 23.4 Å². The van der Waals surface area contributed by atoms with Crippen LogP contribution in [0, 0.1) is 17.0 Å². The quantitative estimate of drug-likeness (QED) is 0.433. The predicted octanol–water partition coefficient (Wildman–Crippen LogP) is 5.72. The number of hydrogen-bond donors (Lipinski definition) is 0. The van der Waals surface area contributed by atoms with E-state index in [0.717, 1.165) is 21.2 Å². The summed E-state index contributed by atoms with van der Waals surface area (Å²) in [6.45, 7) is 0. The van der Waals surface area contributed by atoms with E-state index < -0.39 is 0 Å². The maximum atomic E-state index is 11.0. The van der Waals surface area contributed by atoms with Crippen LogP contribution < -0.4 is 0 Å². The SMILES string of the molecule is O=Nc1ccccc1-c1cc#cc2c1sc1ccccc12. The van der Waals surface area contributed by atoms with Gasteiger partial charge < -0.3 is 0 Å². The molecule has 0 bridgehead atoms. The monoisotopic (exact) mass is 287 g/mol. The molecule has 0 saturated heterocycles. The zero-order valence-electron chi connectivity index (χ0n) is 11.0. The lowest BCUT2D eigenvalue weighted by molar-refractivity contribution is 1.50. The lowest BCUT2D eigenvalue weighted by Crippen LogP contribution is -1.78. The number of nitrogens with zero attached hydrogens (tertiary/aromatic N) is 1. The first kappa shape index (κ1) is 12.1. The average Bonchev–Trinajstić information content (AvgIpc) is 2.93. The Morgan fingerprint density at radius 3 is 2.67 bits per heavy atom. The van der Waals surface area contributed by atoms with Crippen molar-refractivity contribution in [2.45, 2.75) is 0 Å². The first-order chi connectivity index (χ1) is 10.4. The van der Waals surface area contributed by atoms with Gasteiger partial charge in [-0.2, -0.15) is 0 Å². The Kier molecular flexibility index (Phi) is 2.70. The molecule has 2 nitrogen and oxygen atoms in total. The van der Waals surface area contributed by atoms with Crippen LogP contribution >= 0.6 is 11.3 Å².